The van der Waals surface area contributed by atoms with Crippen LogP contribution >= 0.6 is 0 Å². The van der Waals surface area contributed by atoms with E-state index in [1.807, 2.05) is 18.2 Å². The minimum absolute atomic E-state index is 0.339. The number of guanidine groups is 1. The van der Waals surface area contributed by atoms with Gasteiger partial charge in [-0.1, -0.05) is 32.8 Å². The summed E-state index contributed by atoms with van der Waals surface area (Å²) in [5.74, 6) is 1.82. The predicted molar refractivity (Wildman–Crippen MR) is 87.4 cm³/mol. The van der Waals surface area contributed by atoms with Gasteiger partial charge in [0.1, 0.15) is 0 Å². The van der Waals surface area contributed by atoms with Crippen LogP contribution in [0.15, 0.2) is 23.2 Å². The van der Waals surface area contributed by atoms with Crippen molar-refractivity contribution < 1.29 is 4.74 Å². The third-order valence-electron chi connectivity index (χ3n) is 3.21. The molecule has 3 N–H and O–H groups in total. The third kappa shape index (κ3) is 7.54. The van der Waals surface area contributed by atoms with E-state index in [0.29, 0.717) is 24.4 Å². The lowest BCUT2D eigenvalue weighted by molar-refractivity contribution is 0.396. The summed E-state index contributed by atoms with van der Waals surface area (Å²) < 4.78 is 5.08. The predicted octanol–water partition coefficient (Wildman–Crippen LogP) is 2.71. The Morgan fingerprint density at radius 1 is 1.33 bits per heavy atom. The highest BCUT2D eigenvalue weighted by molar-refractivity contribution is 5.78. The van der Waals surface area contributed by atoms with E-state index in [2.05, 4.69) is 36.1 Å². The number of hydrogen-bond donors (Lipinski definition) is 2. The summed E-state index contributed by atoms with van der Waals surface area (Å²) in [6.07, 6.45) is 3.55. The Hall–Kier alpha value is -1.78. The maximum absolute atomic E-state index is 5.90. The van der Waals surface area contributed by atoms with Crippen molar-refractivity contribution in [3.05, 3.63) is 23.9 Å². The van der Waals surface area contributed by atoms with Crippen molar-refractivity contribution in [2.45, 2.75) is 52.6 Å². The molecule has 0 fully saturated rings. The van der Waals surface area contributed by atoms with Crippen LogP contribution in [0.3, 0.4) is 0 Å². The number of aromatic nitrogens is 1. The van der Waals surface area contributed by atoms with Crippen LogP contribution in [0.2, 0.25) is 0 Å². The molecule has 1 aromatic rings. The van der Waals surface area contributed by atoms with Crippen molar-refractivity contribution in [1.29, 1.82) is 0 Å². The zero-order valence-corrected chi connectivity index (χ0v) is 13.6. The lowest BCUT2D eigenvalue weighted by Gasteiger charge is -2.15. The molecular weight excluding hydrogens is 264 g/mol. The summed E-state index contributed by atoms with van der Waals surface area (Å²) in [4.78, 5) is 8.62. The fourth-order valence-corrected chi connectivity index (χ4v) is 2.03. The van der Waals surface area contributed by atoms with E-state index in [0.717, 1.165) is 18.0 Å². The van der Waals surface area contributed by atoms with E-state index in [1.165, 1.54) is 12.8 Å². The fraction of sp³-hybridized carbons (Fsp3) is 0.625. The molecule has 0 bridgehead atoms. The van der Waals surface area contributed by atoms with Gasteiger partial charge < -0.3 is 15.8 Å². The van der Waals surface area contributed by atoms with Crippen molar-refractivity contribution in [2.24, 2.45) is 16.6 Å². The standard InChI is InChI=1S/C16H28N4O/c1-12(2)7-5-8-13(3)19-16(17)18-11-14-9-6-10-15(20-14)21-4/h6,9-10,12-13H,5,7-8,11H2,1-4H3,(H3,17,18,19). The Morgan fingerprint density at radius 2 is 2.10 bits per heavy atom. The van der Waals surface area contributed by atoms with Crippen LogP contribution in [0.5, 0.6) is 5.88 Å². The van der Waals surface area contributed by atoms with E-state index in [9.17, 15) is 0 Å². The largest absolute Gasteiger partial charge is 0.481 e. The Kier molecular flexibility index (Phi) is 7.58. The van der Waals surface area contributed by atoms with Crippen molar-refractivity contribution in [3.8, 4) is 5.88 Å². The zero-order valence-electron chi connectivity index (χ0n) is 13.6. The van der Waals surface area contributed by atoms with Crippen LogP contribution in [-0.2, 0) is 6.54 Å². The first-order chi connectivity index (χ1) is 10.0. The Balaban J connectivity index is 2.38. The molecule has 0 aliphatic carbocycles. The summed E-state index contributed by atoms with van der Waals surface area (Å²) in [7, 11) is 1.60. The molecule has 1 rings (SSSR count). The van der Waals surface area contributed by atoms with E-state index in [-0.39, 0.29) is 0 Å². The van der Waals surface area contributed by atoms with Crippen LogP contribution in [0.1, 0.15) is 45.7 Å². The monoisotopic (exact) mass is 292 g/mol. The first-order valence-corrected chi connectivity index (χ1v) is 7.57. The Bertz CT molecular complexity index is 446. The second kappa shape index (κ2) is 9.21. The molecule has 0 aromatic carbocycles. The normalized spacial score (nSPS) is 13.3. The molecule has 1 unspecified atom stereocenters. The minimum atomic E-state index is 0.339. The van der Waals surface area contributed by atoms with Gasteiger partial charge in [-0.15, -0.1) is 0 Å². The molecule has 1 atom stereocenters. The third-order valence-corrected chi connectivity index (χ3v) is 3.21. The van der Waals surface area contributed by atoms with Gasteiger partial charge in [0.15, 0.2) is 5.96 Å². The Morgan fingerprint density at radius 3 is 2.76 bits per heavy atom. The quantitative estimate of drug-likeness (QED) is 0.571. The second-order valence-electron chi connectivity index (χ2n) is 5.74. The molecule has 0 spiro atoms. The minimum Gasteiger partial charge on any atom is -0.481 e. The number of aliphatic imine (C=N–C) groups is 1. The molecule has 118 valence electrons. The van der Waals surface area contributed by atoms with E-state index in [4.69, 9.17) is 10.5 Å². The lowest BCUT2D eigenvalue weighted by atomic mass is 10.0. The lowest BCUT2D eigenvalue weighted by Crippen LogP contribution is -2.38. The zero-order chi connectivity index (χ0) is 15.7. The van der Waals surface area contributed by atoms with Crippen molar-refractivity contribution >= 4 is 5.96 Å². The number of ether oxygens (including phenoxy) is 1. The van der Waals surface area contributed by atoms with Gasteiger partial charge in [-0.2, -0.15) is 0 Å². The average molecular weight is 292 g/mol. The summed E-state index contributed by atoms with van der Waals surface area (Å²) in [6.45, 7) is 7.07. The number of nitrogens with one attached hydrogen (secondary N) is 1. The van der Waals surface area contributed by atoms with E-state index >= 15 is 0 Å². The van der Waals surface area contributed by atoms with Gasteiger partial charge in [-0.25, -0.2) is 9.98 Å². The van der Waals surface area contributed by atoms with Gasteiger partial charge in [0.25, 0.3) is 0 Å². The number of nitrogens with zero attached hydrogens (tertiary/aromatic N) is 2. The molecule has 0 aliphatic rings. The topological polar surface area (TPSA) is 72.5 Å². The highest BCUT2D eigenvalue weighted by Crippen LogP contribution is 2.09. The summed E-state index contributed by atoms with van der Waals surface area (Å²) in [6, 6.07) is 5.96. The van der Waals surface area contributed by atoms with Crippen molar-refractivity contribution in [3.63, 3.8) is 0 Å². The summed E-state index contributed by atoms with van der Waals surface area (Å²) in [5.41, 5.74) is 6.74. The van der Waals surface area contributed by atoms with Gasteiger partial charge in [-0.05, 0) is 25.3 Å². The molecule has 0 aliphatic heterocycles. The van der Waals surface area contributed by atoms with Crippen molar-refractivity contribution in [2.75, 3.05) is 7.11 Å². The molecule has 5 nitrogen and oxygen atoms in total. The molecule has 1 heterocycles. The van der Waals surface area contributed by atoms with Gasteiger partial charge in [0, 0.05) is 12.1 Å². The molecular formula is C16H28N4O. The van der Waals surface area contributed by atoms with Gasteiger partial charge in [0.2, 0.25) is 5.88 Å². The summed E-state index contributed by atoms with van der Waals surface area (Å²) in [5, 5.41) is 3.22. The Labute approximate surface area is 128 Å². The first-order valence-electron chi connectivity index (χ1n) is 7.57. The average Bonchev–Trinajstić information content (AvgIpc) is 2.45. The molecule has 0 saturated heterocycles. The number of hydrogen-bond acceptors (Lipinski definition) is 3. The van der Waals surface area contributed by atoms with Gasteiger partial charge in [-0.3, -0.25) is 0 Å². The second-order valence-corrected chi connectivity index (χ2v) is 5.74. The SMILES string of the molecule is COc1cccc(CN=C(N)NC(C)CCCC(C)C)n1. The molecule has 0 radical (unpaired) electrons. The van der Waals surface area contributed by atoms with Crippen LogP contribution < -0.4 is 15.8 Å². The van der Waals surface area contributed by atoms with Crippen LogP contribution in [0.25, 0.3) is 0 Å². The highest BCUT2D eigenvalue weighted by atomic mass is 16.5. The molecule has 21 heavy (non-hydrogen) atoms. The fourth-order valence-electron chi connectivity index (χ4n) is 2.03. The van der Waals surface area contributed by atoms with Crippen molar-refractivity contribution in [1.82, 2.24) is 10.3 Å². The van der Waals surface area contributed by atoms with Crippen LogP contribution in [0, 0.1) is 5.92 Å². The number of nitrogens with two attached hydrogens (primary N) is 1. The first kappa shape index (κ1) is 17.3. The maximum atomic E-state index is 5.90. The van der Waals surface area contributed by atoms with E-state index < -0.39 is 0 Å². The summed E-state index contributed by atoms with van der Waals surface area (Å²) >= 11 is 0. The van der Waals surface area contributed by atoms with Crippen LogP contribution in [0.4, 0.5) is 0 Å². The molecule has 0 amide bonds. The number of rotatable bonds is 8. The maximum Gasteiger partial charge on any atom is 0.213 e. The van der Waals surface area contributed by atoms with E-state index in [1.54, 1.807) is 7.11 Å². The molecule has 1 aromatic heterocycles. The smallest absolute Gasteiger partial charge is 0.213 e. The number of pyridine rings is 1. The number of methoxy groups -OCH3 is 1. The van der Waals surface area contributed by atoms with Crippen LogP contribution in [-0.4, -0.2) is 24.1 Å². The molecule has 5 heteroatoms. The van der Waals surface area contributed by atoms with Gasteiger partial charge >= 0.3 is 0 Å². The van der Waals surface area contributed by atoms with Gasteiger partial charge in [0.05, 0.1) is 19.3 Å². The highest BCUT2D eigenvalue weighted by Gasteiger charge is 2.04. The molecule has 0 saturated carbocycles.